The van der Waals surface area contributed by atoms with E-state index < -0.39 is 16.1 Å². The maximum atomic E-state index is 11.5. The molecule has 7 heteroatoms. The third-order valence-electron chi connectivity index (χ3n) is 4.21. The second-order valence-electron chi connectivity index (χ2n) is 6.08. The lowest BCUT2D eigenvalue weighted by atomic mass is 9.99. The van der Waals surface area contributed by atoms with Crippen LogP contribution < -0.4 is 10.5 Å². The second kappa shape index (κ2) is 8.10. The first-order valence-corrected chi connectivity index (χ1v) is 9.81. The summed E-state index contributed by atoms with van der Waals surface area (Å²) < 4.78 is 30.3. The molecule has 0 amide bonds. The highest BCUT2D eigenvalue weighted by molar-refractivity contribution is 7.88. The van der Waals surface area contributed by atoms with Gasteiger partial charge in [-0.1, -0.05) is 12.1 Å². The highest BCUT2D eigenvalue weighted by atomic mass is 32.2. The molecule has 0 radical (unpaired) electrons. The van der Waals surface area contributed by atoms with Crippen molar-refractivity contribution in [3.8, 4) is 5.75 Å². The van der Waals surface area contributed by atoms with Gasteiger partial charge in [0, 0.05) is 13.1 Å². The number of hydrogen-bond acceptors (Lipinski definition) is 5. The lowest BCUT2D eigenvalue weighted by molar-refractivity contribution is 0.168. The third kappa shape index (κ3) is 5.46. The summed E-state index contributed by atoms with van der Waals surface area (Å²) in [6.07, 6.45) is 2.82. The molecule has 1 atom stereocenters. The summed E-state index contributed by atoms with van der Waals surface area (Å²) in [5.41, 5.74) is 6.27. The van der Waals surface area contributed by atoms with Gasteiger partial charge in [-0.15, -0.1) is 0 Å². The van der Waals surface area contributed by atoms with Crippen LogP contribution in [0, 0.1) is 5.92 Å². The fourth-order valence-electron chi connectivity index (χ4n) is 2.76. The third-order valence-corrected chi connectivity index (χ3v) is 5.51. The largest absolute Gasteiger partial charge is 0.493 e. The number of piperidine rings is 1. The van der Waals surface area contributed by atoms with E-state index in [4.69, 9.17) is 10.5 Å². The normalized spacial score (nSPS) is 18.7. The van der Waals surface area contributed by atoms with Crippen LogP contribution in [-0.4, -0.2) is 50.3 Å². The second-order valence-corrected chi connectivity index (χ2v) is 8.06. The zero-order chi connectivity index (χ0) is 16.9. The summed E-state index contributed by atoms with van der Waals surface area (Å²) >= 11 is 0. The van der Waals surface area contributed by atoms with Crippen molar-refractivity contribution in [3.63, 3.8) is 0 Å². The summed E-state index contributed by atoms with van der Waals surface area (Å²) in [4.78, 5) is 0. The van der Waals surface area contributed by atoms with Gasteiger partial charge in [-0.3, -0.25) is 0 Å². The zero-order valence-electron chi connectivity index (χ0n) is 13.5. The van der Waals surface area contributed by atoms with Crippen LogP contribution in [0.4, 0.5) is 0 Å². The number of benzene rings is 1. The maximum absolute atomic E-state index is 11.5. The fraction of sp³-hybridized carbons (Fsp3) is 0.625. The SMILES string of the molecule is CS(=O)(=O)N1CCC(COc2cccc(C(O)CCN)c2)CC1. The average molecular weight is 342 g/mol. The summed E-state index contributed by atoms with van der Waals surface area (Å²) in [5, 5.41) is 9.97. The van der Waals surface area contributed by atoms with Crippen LogP contribution in [0.15, 0.2) is 24.3 Å². The molecule has 2 rings (SSSR count). The van der Waals surface area contributed by atoms with Crippen molar-refractivity contribution in [2.24, 2.45) is 11.7 Å². The average Bonchev–Trinajstić information content (AvgIpc) is 2.53. The number of nitrogens with two attached hydrogens (primary N) is 1. The summed E-state index contributed by atoms with van der Waals surface area (Å²) in [5.74, 6) is 1.08. The van der Waals surface area contributed by atoms with Crippen molar-refractivity contribution in [3.05, 3.63) is 29.8 Å². The molecule has 1 unspecified atom stereocenters. The first-order chi connectivity index (χ1) is 10.9. The molecule has 1 aliphatic heterocycles. The summed E-state index contributed by atoms with van der Waals surface area (Å²) in [7, 11) is -3.08. The topological polar surface area (TPSA) is 92.9 Å². The summed E-state index contributed by atoms with van der Waals surface area (Å²) in [6.45, 7) is 2.11. The Balaban J connectivity index is 1.84. The molecule has 0 spiro atoms. The van der Waals surface area contributed by atoms with Crippen LogP contribution in [-0.2, 0) is 10.0 Å². The Kier molecular flexibility index (Phi) is 6.41. The monoisotopic (exact) mass is 342 g/mol. The van der Waals surface area contributed by atoms with Crippen molar-refractivity contribution in [1.29, 1.82) is 0 Å². The van der Waals surface area contributed by atoms with E-state index in [1.807, 2.05) is 24.3 Å². The molecular formula is C16H26N2O4S. The molecule has 1 aliphatic rings. The van der Waals surface area contributed by atoms with E-state index in [0.717, 1.165) is 24.2 Å². The molecular weight excluding hydrogens is 316 g/mol. The van der Waals surface area contributed by atoms with Crippen LogP contribution in [0.2, 0.25) is 0 Å². The van der Waals surface area contributed by atoms with Crippen LogP contribution in [0.1, 0.15) is 30.9 Å². The van der Waals surface area contributed by atoms with Gasteiger partial charge in [0.2, 0.25) is 10.0 Å². The molecule has 130 valence electrons. The molecule has 0 saturated carbocycles. The molecule has 6 nitrogen and oxygen atoms in total. The van der Waals surface area contributed by atoms with Gasteiger partial charge in [-0.25, -0.2) is 12.7 Å². The molecule has 3 N–H and O–H groups in total. The molecule has 1 fully saturated rings. The Morgan fingerprint density at radius 2 is 2.09 bits per heavy atom. The van der Waals surface area contributed by atoms with Crippen LogP contribution in [0.3, 0.4) is 0 Å². The van der Waals surface area contributed by atoms with Crippen LogP contribution in [0.25, 0.3) is 0 Å². The first-order valence-electron chi connectivity index (χ1n) is 7.96. The number of ether oxygens (including phenoxy) is 1. The Morgan fingerprint density at radius 3 is 2.70 bits per heavy atom. The van der Waals surface area contributed by atoms with Crippen LogP contribution in [0.5, 0.6) is 5.75 Å². The first kappa shape index (κ1) is 18.2. The van der Waals surface area contributed by atoms with Gasteiger partial charge in [0.25, 0.3) is 0 Å². The van der Waals surface area contributed by atoms with E-state index in [1.165, 1.54) is 10.6 Å². The van der Waals surface area contributed by atoms with Crippen LogP contribution >= 0.6 is 0 Å². The van der Waals surface area contributed by atoms with E-state index >= 15 is 0 Å². The van der Waals surface area contributed by atoms with E-state index in [2.05, 4.69) is 0 Å². The molecule has 1 heterocycles. The highest BCUT2D eigenvalue weighted by Crippen LogP contribution is 2.24. The minimum absolute atomic E-state index is 0.352. The molecule has 1 aromatic carbocycles. The number of sulfonamides is 1. The van der Waals surface area contributed by atoms with Gasteiger partial charge in [-0.05, 0) is 49.4 Å². The predicted octanol–water partition coefficient (Wildman–Crippen LogP) is 1.12. The number of aliphatic hydroxyl groups excluding tert-OH is 1. The molecule has 1 saturated heterocycles. The minimum Gasteiger partial charge on any atom is -0.493 e. The number of aliphatic hydroxyl groups is 1. The van der Waals surface area contributed by atoms with Crippen molar-refractivity contribution in [2.45, 2.75) is 25.4 Å². The van der Waals surface area contributed by atoms with Gasteiger partial charge in [0.1, 0.15) is 5.75 Å². The van der Waals surface area contributed by atoms with E-state index in [-0.39, 0.29) is 0 Å². The van der Waals surface area contributed by atoms with Gasteiger partial charge < -0.3 is 15.6 Å². The van der Waals surface area contributed by atoms with Crippen molar-refractivity contribution in [2.75, 3.05) is 32.5 Å². The van der Waals surface area contributed by atoms with Gasteiger partial charge in [0.15, 0.2) is 0 Å². The maximum Gasteiger partial charge on any atom is 0.211 e. The van der Waals surface area contributed by atoms with Crippen molar-refractivity contribution in [1.82, 2.24) is 4.31 Å². The predicted molar refractivity (Wildman–Crippen MR) is 89.7 cm³/mol. The van der Waals surface area contributed by atoms with E-state index in [9.17, 15) is 13.5 Å². The van der Waals surface area contributed by atoms with E-state index in [1.54, 1.807) is 0 Å². The lowest BCUT2D eigenvalue weighted by Crippen LogP contribution is -2.39. The van der Waals surface area contributed by atoms with Gasteiger partial charge >= 0.3 is 0 Å². The molecule has 1 aromatic rings. The number of nitrogens with zero attached hydrogens (tertiary/aromatic N) is 1. The zero-order valence-corrected chi connectivity index (χ0v) is 14.3. The minimum atomic E-state index is -3.08. The van der Waals surface area contributed by atoms with Gasteiger partial charge in [-0.2, -0.15) is 0 Å². The number of hydrogen-bond donors (Lipinski definition) is 2. The Hall–Kier alpha value is -1.15. The van der Waals surface area contributed by atoms with Crippen molar-refractivity contribution >= 4 is 10.0 Å². The van der Waals surface area contributed by atoms with Gasteiger partial charge in [0.05, 0.1) is 19.0 Å². The Bertz CT molecular complexity index is 598. The fourth-order valence-corrected chi connectivity index (χ4v) is 3.63. The van der Waals surface area contributed by atoms with E-state index in [0.29, 0.717) is 38.6 Å². The summed E-state index contributed by atoms with van der Waals surface area (Å²) in [6, 6.07) is 7.42. The molecule has 0 aromatic heterocycles. The Labute approximate surface area is 138 Å². The molecule has 0 aliphatic carbocycles. The number of rotatable bonds is 7. The molecule has 0 bridgehead atoms. The Morgan fingerprint density at radius 1 is 1.39 bits per heavy atom. The highest BCUT2D eigenvalue weighted by Gasteiger charge is 2.25. The standard InChI is InChI=1S/C16H26N2O4S/c1-23(20,21)18-9-6-13(7-10-18)12-22-15-4-2-3-14(11-15)16(19)5-8-17/h2-4,11,13,16,19H,5-10,12,17H2,1H3. The molecule has 23 heavy (non-hydrogen) atoms. The quantitative estimate of drug-likeness (QED) is 0.774. The smallest absolute Gasteiger partial charge is 0.211 e. The lowest BCUT2D eigenvalue weighted by Gasteiger charge is -2.30. The van der Waals surface area contributed by atoms with Crippen molar-refractivity contribution < 1.29 is 18.3 Å².